The van der Waals surface area contributed by atoms with Crippen LogP contribution >= 0.6 is 0 Å². The van der Waals surface area contributed by atoms with Gasteiger partial charge in [-0.2, -0.15) is 0 Å². The van der Waals surface area contributed by atoms with E-state index < -0.39 is 0 Å². The van der Waals surface area contributed by atoms with E-state index in [0.717, 1.165) is 30.1 Å². The van der Waals surface area contributed by atoms with Gasteiger partial charge in [-0.3, -0.25) is 0 Å². The lowest BCUT2D eigenvalue weighted by Gasteiger charge is -2.26. The molecule has 0 spiro atoms. The summed E-state index contributed by atoms with van der Waals surface area (Å²) in [4.78, 5) is 7.36. The third-order valence-corrected chi connectivity index (χ3v) is 4.12. The van der Waals surface area contributed by atoms with Gasteiger partial charge >= 0.3 is 0 Å². The van der Waals surface area contributed by atoms with Crippen molar-refractivity contribution in [2.75, 3.05) is 0 Å². The molecular formula is C13H19N3. The van der Waals surface area contributed by atoms with Gasteiger partial charge in [0, 0.05) is 18.4 Å². The third-order valence-electron chi connectivity index (χ3n) is 4.12. The molecule has 0 aliphatic heterocycles. The number of imidazole rings is 1. The summed E-state index contributed by atoms with van der Waals surface area (Å²) in [5.41, 5.74) is 0. The van der Waals surface area contributed by atoms with Crippen LogP contribution in [0.15, 0.2) is 24.5 Å². The average molecular weight is 217 g/mol. The van der Waals surface area contributed by atoms with E-state index in [1.807, 2.05) is 12.4 Å². The Balaban J connectivity index is 1.54. The molecule has 1 heterocycles. The van der Waals surface area contributed by atoms with Gasteiger partial charge in [-0.15, -0.1) is 0 Å². The summed E-state index contributed by atoms with van der Waals surface area (Å²) in [5, 5.41) is 3.58. The molecule has 2 N–H and O–H groups in total. The first-order valence-electron chi connectivity index (χ1n) is 6.23. The van der Waals surface area contributed by atoms with E-state index in [4.69, 9.17) is 0 Å². The van der Waals surface area contributed by atoms with E-state index in [1.165, 1.54) is 12.8 Å². The van der Waals surface area contributed by atoms with E-state index in [0.29, 0.717) is 6.04 Å². The standard InChI is InChI=1S/C13H19N3/c1-9(16-8-13-14-4-5-15-13)12-7-10-2-3-11(12)6-10/h2-5,9-12,16H,6-8H2,1H3,(H,14,15). The van der Waals surface area contributed by atoms with Gasteiger partial charge in [0.15, 0.2) is 0 Å². The van der Waals surface area contributed by atoms with Crippen LogP contribution in [-0.2, 0) is 6.54 Å². The van der Waals surface area contributed by atoms with Crippen molar-refractivity contribution in [3.05, 3.63) is 30.4 Å². The molecule has 1 aromatic rings. The van der Waals surface area contributed by atoms with Crippen LogP contribution < -0.4 is 5.32 Å². The van der Waals surface area contributed by atoms with Crippen LogP contribution in [0, 0.1) is 17.8 Å². The maximum Gasteiger partial charge on any atom is 0.120 e. The molecule has 2 bridgehead atoms. The van der Waals surface area contributed by atoms with Gasteiger partial charge in [-0.05, 0) is 37.5 Å². The molecule has 3 nitrogen and oxygen atoms in total. The third kappa shape index (κ3) is 1.80. The molecule has 0 radical (unpaired) electrons. The van der Waals surface area contributed by atoms with Gasteiger partial charge in [0.1, 0.15) is 5.82 Å². The van der Waals surface area contributed by atoms with Gasteiger partial charge in [0.25, 0.3) is 0 Å². The quantitative estimate of drug-likeness (QED) is 0.758. The fourth-order valence-electron chi connectivity index (χ4n) is 3.20. The number of hydrogen-bond acceptors (Lipinski definition) is 2. The lowest BCUT2D eigenvalue weighted by Crippen LogP contribution is -2.35. The molecule has 2 aliphatic carbocycles. The van der Waals surface area contributed by atoms with Crippen molar-refractivity contribution in [2.45, 2.75) is 32.4 Å². The molecule has 0 saturated heterocycles. The van der Waals surface area contributed by atoms with Crippen LogP contribution in [0.1, 0.15) is 25.6 Å². The first kappa shape index (κ1) is 10.1. The molecule has 0 amide bonds. The number of nitrogens with one attached hydrogen (secondary N) is 2. The molecule has 0 aromatic carbocycles. The number of rotatable bonds is 4. The van der Waals surface area contributed by atoms with Crippen molar-refractivity contribution in [1.29, 1.82) is 0 Å². The second kappa shape index (κ2) is 4.06. The maximum atomic E-state index is 4.23. The summed E-state index contributed by atoms with van der Waals surface area (Å²) in [7, 11) is 0. The normalized spacial score (nSPS) is 33.4. The first-order chi connectivity index (χ1) is 7.83. The number of aromatic amines is 1. The summed E-state index contributed by atoms with van der Waals surface area (Å²) < 4.78 is 0. The molecule has 3 heteroatoms. The van der Waals surface area contributed by atoms with Crippen molar-refractivity contribution in [3.63, 3.8) is 0 Å². The summed E-state index contributed by atoms with van der Waals surface area (Å²) in [6.45, 7) is 3.16. The highest BCUT2D eigenvalue weighted by atomic mass is 15.0. The highest BCUT2D eigenvalue weighted by Gasteiger charge is 2.38. The molecule has 1 saturated carbocycles. The van der Waals surface area contributed by atoms with Crippen LogP contribution in [0.3, 0.4) is 0 Å². The lowest BCUT2D eigenvalue weighted by molar-refractivity contribution is 0.324. The molecule has 1 aromatic heterocycles. The molecule has 2 aliphatic rings. The predicted octanol–water partition coefficient (Wildman–Crippen LogP) is 2.10. The average Bonchev–Trinajstić information content (AvgIpc) is 3.01. The topological polar surface area (TPSA) is 40.7 Å². The zero-order chi connectivity index (χ0) is 11.0. The Morgan fingerprint density at radius 3 is 3.06 bits per heavy atom. The number of H-pyrrole nitrogens is 1. The van der Waals surface area contributed by atoms with Crippen LogP contribution in [0.4, 0.5) is 0 Å². The summed E-state index contributed by atoms with van der Waals surface area (Å²) in [6.07, 6.45) is 11.3. The Hall–Kier alpha value is -1.09. The summed E-state index contributed by atoms with van der Waals surface area (Å²) in [6, 6.07) is 0.588. The highest BCUT2D eigenvalue weighted by Crippen LogP contribution is 2.44. The minimum absolute atomic E-state index is 0.588. The number of aromatic nitrogens is 2. The molecule has 4 unspecified atom stereocenters. The summed E-state index contributed by atoms with van der Waals surface area (Å²) in [5.74, 6) is 3.54. The Labute approximate surface area is 96.4 Å². The molecule has 16 heavy (non-hydrogen) atoms. The lowest BCUT2D eigenvalue weighted by atomic mass is 9.87. The van der Waals surface area contributed by atoms with E-state index >= 15 is 0 Å². The number of hydrogen-bond donors (Lipinski definition) is 2. The summed E-state index contributed by atoms with van der Waals surface area (Å²) >= 11 is 0. The smallest absolute Gasteiger partial charge is 0.120 e. The fraction of sp³-hybridized carbons (Fsp3) is 0.615. The second-order valence-electron chi connectivity index (χ2n) is 5.15. The van der Waals surface area contributed by atoms with E-state index in [1.54, 1.807) is 0 Å². The molecule has 4 atom stereocenters. The van der Waals surface area contributed by atoms with E-state index in [2.05, 4.69) is 34.4 Å². The van der Waals surface area contributed by atoms with Gasteiger partial charge in [-0.1, -0.05) is 12.2 Å². The molecular weight excluding hydrogens is 198 g/mol. The maximum absolute atomic E-state index is 4.23. The molecule has 86 valence electrons. The van der Waals surface area contributed by atoms with Crippen molar-refractivity contribution in [3.8, 4) is 0 Å². The Morgan fingerprint density at radius 1 is 1.50 bits per heavy atom. The first-order valence-corrected chi connectivity index (χ1v) is 6.23. The van der Waals surface area contributed by atoms with Gasteiger partial charge in [0.05, 0.1) is 6.54 Å². The van der Waals surface area contributed by atoms with Crippen molar-refractivity contribution in [1.82, 2.24) is 15.3 Å². The molecule has 1 fully saturated rings. The zero-order valence-corrected chi connectivity index (χ0v) is 9.69. The monoisotopic (exact) mass is 217 g/mol. The van der Waals surface area contributed by atoms with Gasteiger partial charge < -0.3 is 10.3 Å². The largest absolute Gasteiger partial charge is 0.348 e. The SMILES string of the molecule is CC(NCc1ncc[nH]1)C1CC2C=CC1C2. The molecule has 3 rings (SSSR count). The van der Waals surface area contributed by atoms with Crippen molar-refractivity contribution >= 4 is 0 Å². The van der Waals surface area contributed by atoms with Crippen LogP contribution in [0.25, 0.3) is 0 Å². The second-order valence-corrected chi connectivity index (χ2v) is 5.15. The fourth-order valence-corrected chi connectivity index (χ4v) is 3.20. The van der Waals surface area contributed by atoms with Crippen LogP contribution in [0.5, 0.6) is 0 Å². The minimum Gasteiger partial charge on any atom is -0.348 e. The van der Waals surface area contributed by atoms with E-state index in [9.17, 15) is 0 Å². The Kier molecular flexibility index (Phi) is 2.56. The minimum atomic E-state index is 0.588. The van der Waals surface area contributed by atoms with E-state index in [-0.39, 0.29) is 0 Å². The van der Waals surface area contributed by atoms with Crippen molar-refractivity contribution < 1.29 is 0 Å². The predicted molar refractivity (Wildman–Crippen MR) is 63.7 cm³/mol. The number of fused-ring (bicyclic) bond motifs is 2. The zero-order valence-electron chi connectivity index (χ0n) is 9.69. The Morgan fingerprint density at radius 2 is 2.44 bits per heavy atom. The van der Waals surface area contributed by atoms with Gasteiger partial charge in [0.2, 0.25) is 0 Å². The van der Waals surface area contributed by atoms with Gasteiger partial charge in [-0.25, -0.2) is 4.98 Å². The highest BCUT2D eigenvalue weighted by molar-refractivity contribution is 5.11. The van der Waals surface area contributed by atoms with Crippen LogP contribution in [0.2, 0.25) is 0 Å². The van der Waals surface area contributed by atoms with Crippen molar-refractivity contribution in [2.24, 2.45) is 17.8 Å². The number of allylic oxidation sites excluding steroid dienone is 2. The van der Waals surface area contributed by atoms with Crippen LogP contribution in [-0.4, -0.2) is 16.0 Å². The Bertz CT molecular complexity index is 369. The number of nitrogens with zero attached hydrogens (tertiary/aromatic N) is 1.